The van der Waals surface area contributed by atoms with E-state index in [1.54, 1.807) is 0 Å². The van der Waals surface area contributed by atoms with Gasteiger partial charge in [0.1, 0.15) is 0 Å². The molecular weight excluding hydrogens is 218 g/mol. The third-order valence-electron chi connectivity index (χ3n) is 2.80. The first-order valence-corrected chi connectivity index (χ1v) is 6.80. The molecule has 0 aliphatic carbocycles. The van der Waals surface area contributed by atoms with E-state index < -0.39 is 0 Å². The average molecular weight is 237 g/mol. The highest BCUT2D eigenvalue weighted by molar-refractivity contribution is 7.99. The van der Waals surface area contributed by atoms with E-state index in [0.717, 1.165) is 31.2 Å². The van der Waals surface area contributed by atoms with Crippen LogP contribution in [0.5, 0.6) is 0 Å². The third kappa shape index (κ3) is 3.20. The van der Waals surface area contributed by atoms with Gasteiger partial charge < -0.3 is 5.32 Å². The molecule has 1 unspecified atom stereocenters. The standard InChI is InChI=1S/C12H19N3S/c1-2-12(15-9-7-13-8-10-15)16-11-5-3-4-6-14-11/h3-6,12-13H,2,7-10H2,1H3. The van der Waals surface area contributed by atoms with Crippen LogP contribution in [0, 0.1) is 0 Å². The van der Waals surface area contributed by atoms with E-state index >= 15 is 0 Å². The minimum atomic E-state index is 0.567. The van der Waals surface area contributed by atoms with E-state index in [2.05, 4.69) is 34.3 Å². The van der Waals surface area contributed by atoms with Crippen LogP contribution in [0.1, 0.15) is 13.3 Å². The second-order valence-electron chi connectivity index (χ2n) is 3.93. The maximum atomic E-state index is 4.38. The molecule has 0 saturated carbocycles. The Morgan fingerprint density at radius 2 is 2.25 bits per heavy atom. The van der Waals surface area contributed by atoms with E-state index in [1.165, 1.54) is 6.42 Å². The molecule has 1 aromatic rings. The summed E-state index contributed by atoms with van der Waals surface area (Å²) in [6.07, 6.45) is 3.04. The van der Waals surface area contributed by atoms with Gasteiger partial charge in [0.15, 0.2) is 0 Å². The Bertz CT molecular complexity index is 298. The lowest BCUT2D eigenvalue weighted by molar-refractivity contribution is 0.222. The van der Waals surface area contributed by atoms with Crippen molar-refractivity contribution >= 4 is 11.8 Å². The fourth-order valence-corrected chi connectivity index (χ4v) is 3.03. The lowest BCUT2D eigenvalue weighted by Crippen LogP contribution is -2.47. The Labute approximate surface area is 102 Å². The Hall–Kier alpha value is -0.580. The number of nitrogens with one attached hydrogen (secondary N) is 1. The average Bonchev–Trinajstić information content (AvgIpc) is 2.38. The summed E-state index contributed by atoms with van der Waals surface area (Å²) in [5.41, 5.74) is 0. The van der Waals surface area contributed by atoms with Crippen LogP contribution in [0.3, 0.4) is 0 Å². The van der Waals surface area contributed by atoms with E-state index in [0.29, 0.717) is 5.37 Å². The van der Waals surface area contributed by atoms with Crippen molar-refractivity contribution in [2.45, 2.75) is 23.7 Å². The molecule has 1 fully saturated rings. The molecule has 2 rings (SSSR count). The molecule has 1 aliphatic rings. The number of piperazine rings is 1. The monoisotopic (exact) mass is 237 g/mol. The van der Waals surface area contributed by atoms with E-state index in [-0.39, 0.29) is 0 Å². The molecule has 16 heavy (non-hydrogen) atoms. The molecule has 2 heterocycles. The molecule has 0 bridgehead atoms. The third-order valence-corrected chi connectivity index (χ3v) is 4.19. The summed E-state index contributed by atoms with van der Waals surface area (Å²) in [4.78, 5) is 6.93. The minimum absolute atomic E-state index is 0.567. The molecule has 1 N–H and O–H groups in total. The van der Waals surface area contributed by atoms with Gasteiger partial charge >= 0.3 is 0 Å². The number of nitrogens with zero attached hydrogens (tertiary/aromatic N) is 2. The summed E-state index contributed by atoms with van der Waals surface area (Å²) in [6, 6.07) is 6.12. The van der Waals surface area contributed by atoms with Gasteiger partial charge in [0.25, 0.3) is 0 Å². The van der Waals surface area contributed by atoms with Crippen molar-refractivity contribution in [3.8, 4) is 0 Å². The molecule has 1 aromatic heterocycles. The second kappa shape index (κ2) is 6.23. The van der Waals surface area contributed by atoms with Crippen LogP contribution in [0.25, 0.3) is 0 Å². The van der Waals surface area contributed by atoms with Crippen molar-refractivity contribution in [1.29, 1.82) is 0 Å². The zero-order valence-corrected chi connectivity index (χ0v) is 10.5. The summed E-state index contributed by atoms with van der Waals surface area (Å²) in [5, 5.41) is 5.09. The highest BCUT2D eigenvalue weighted by Crippen LogP contribution is 2.26. The molecular formula is C12H19N3S. The van der Waals surface area contributed by atoms with E-state index in [4.69, 9.17) is 0 Å². The molecule has 4 heteroatoms. The maximum Gasteiger partial charge on any atom is 0.0975 e. The number of pyridine rings is 1. The Morgan fingerprint density at radius 1 is 1.44 bits per heavy atom. The maximum absolute atomic E-state index is 4.38. The molecule has 1 saturated heterocycles. The smallest absolute Gasteiger partial charge is 0.0975 e. The fourth-order valence-electron chi connectivity index (χ4n) is 1.94. The predicted octanol–water partition coefficient (Wildman–Crippen LogP) is 1.81. The quantitative estimate of drug-likeness (QED) is 0.809. The fraction of sp³-hybridized carbons (Fsp3) is 0.583. The highest BCUT2D eigenvalue weighted by Gasteiger charge is 2.19. The molecule has 0 radical (unpaired) electrons. The van der Waals surface area contributed by atoms with Gasteiger partial charge in [-0.1, -0.05) is 24.8 Å². The molecule has 0 aromatic carbocycles. The lowest BCUT2D eigenvalue weighted by atomic mass is 10.3. The van der Waals surface area contributed by atoms with Gasteiger partial charge in [-0.05, 0) is 18.6 Å². The van der Waals surface area contributed by atoms with Crippen LogP contribution in [-0.2, 0) is 0 Å². The minimum Gasteiger partial charge on any atom is -0.314 e. The van der Waals surface area contributed by atoms with Crippen LogP contribution in [-0.4, -0.2) is 41.4 Å². The first-order valence-electron chi connectivity index (χ1n) is 5.92. The molecule has 0 amide bonds. The van der Waals surface area contributed by atoms with Gasteiger partial charge in [-0.3, -0.25) is 4.90 Å². The van der Waals surface area contributed by atoms with Gasteiger partial charge in [-0.15, -0.1) is 0 Å². The number of hydrogen-bond donors (Lipinski definition) is 1. The van der Waals surface area contributed by atoms with Crippen molar-refractivity contribution in [2.75, 3.05) is 26.2 Å². The van der Waals surface area contributed by atoms with Gasteiger partial charge in [0, 0.05) is 32.4 Å². The first-order chi connectivity index (χ1) is 7.90. The molecule has 1 aliphatic heterocycles. The second-order valence-corrected chi connectivity index (χ2v) is 5.13. The predicted molar refractivity (Wildman–Crippen MR) is 68.6 cm³/mol. The summed E-state index contributed by atoms with van der Waals surface area (Å²) in [6.45, 7) is 6.78. The van der Waals surface area contributed by atoms with Gasteiger partial charge in [-0.2, -0.15) is 0 Å². The normalized spacial score (nSPS) is 19.6. The van der Waals surface area contributed by atoms with E-state index in [1.807, 2.05) is 24.0 Å². The van der Waals surface area contributed by atoms with Crippen molar-refractivity contribution in [3.63, 3.8) is 0 Å². The first kappa shape index (κ1) is 11.9. The number of aromatic nitrogens is 1. The zero-order valence-electron chi connectivity index (χ0n) is 9.72. The summed E-state index contributed by atoms with van der Waals surface area (Å²) < 4.78 is 0. The largest absolute Gasteiger partial charge is 0.314 e. The Balaban J connectivity index is 1.94. The van der Waals surface area contributed by atoms with Crippen LogP contribution >= 0.6 is 11.8 Å². The number of thioether (sulfide) groups is 1. The Morgan fingerprint density at radius 3 is 2.88 bits per heavy atom. The van der Waals surface area contributed by atoms with Gasteiger partial charge in [0.05, 0.1) is 10.4 Å². The zero-order chi connectivity index (χ0) is 11.2. The number of hydrogen-bond acceptors (Lipinski definition) is 4. The molecule has 3 nitrogen and oxygen atoms in total. The van der Waals surface area contributed by atoms with Crippen LogP contribution in [0.2, 0.25) is 0 Å². The van der Waals surface area contributed by atoms with Crippen LogP contribution in [0.4, 0.5) is 0 Å². The van der Waals surface area contributed by atoms with Crippen LogP contribution in [0.15, 0.2) is 29.4 Å². The molecule has 0 spiro atoms. The summed E-state index contributed by atoms with van der Waals surface area (Å²) in [5.74, 6) is 0. The summed E-state index contributed by atoms with van der Waals surface area (Å²) >= 11 is 1.88. The van der Waals surface area contributed by atoms with Crippen LogP contribution < -0.4 is 5.32 Å². The topological polar surface area (TPSA) is 28.2 Å². The summed E-state index contributed by atoms with van der Waals surface area (Å²) in [7, 11) is 0. The Kier molecular flexibility index (Phi) is 4.63. The van der Waals surface area contributed by atoms with Crippen molar-refractivity contribution in [3.05, 3.63) is 24.4 Å². The molecule has 1 atom stereocenters. The van der Waals surface area contributed by atoms with Crippen molar-refractivity contribution in [2.24, 2.45) is 0 Å². The molecule has 88 valence electrons. The van der Waals surface area contributed by atoms with E-state index in [9.17, 15) is 0 Å². The lowest BCUT2D eigenvalue weighted by Gasteiger charge is -2.33. The van der Waals surface area contributed by atoms with Crippen molar-refractivity contribution in [1.82, 2.24) is 15.2 Å². The SMILES string of the molecule is CCC(Sc1ccccn1)N1CCNCC1. The number of rotatable bonds is 4. The van der Waals surface area contributed by atoms with Crippen molar-refractivity contribution < 1.29 is 0 Å². The van der Waals surface area contributed by atoms with Gasteiger partial charge in [0.2, 0.25) is 0 Å². The van der Waals surface area contributed by atoms with Gasteiger partial charge in [-0.25, -0.2) is 4.98 Å². The highest BCUT2D eigenvalue weighted by atomic mass is 32.2.